The van der Waals surface area contributed by atoms with Crippen molar-refractivity contribution >= 4 is 69.1 Å². The number of imidazole rings is 1. The van der Waals surface area contributed by atoms with Gasteiger partial charge in [0.15, 0.2) is 22.8 Å². The average molecular weight is 1060 g/mol. The number of aliphatic hydroxyl groups is 2. The standard InChI is InChI=1S/C37H66N7O17P3S.3H3N/c1-4-5-6-7-8-9-10-11-12-13-14-15-16-17-28(46)65-21-20-39-27(45)18-19-40-35(49)32(48)37(2,3)23-58-64(55,56)61-63(53,54)57-22-26-31(60-62(50,51)52)30(47)36(59-26)44-25-43-29-33(38)41-24-42-34(29)44;;;/h24-26,30-32,36,47-48H,4-23H2,1-3H3,(H,39,45)(H,40,49)(H,53,54)(H,55,56)(H2,38,41,42)(H2,50,51,52);3*1H3/t26-,30-,31-,32+,36-;;;/m1.../s1. The van der Waals surface area contributed by atoms with Gasteiger partial charge in [-0.2, -0.15) is 0 Å². The monoisotopic (exact) mass is 1060 g/mol. The Morgan fingerprint density at radius 2 is 1.46 bits per heavy atom. The predicted octanol–water partition coefficient (Wildman–Crippen LogP) is 3.38. The number of hydrogen-bond donors (Lipinski definition) is 9. The Balaban J connectivity index is 0.0000150. The second-order valence-electron chi connectivity index (χ2n) is 16.2. The number of fused-ring (bicyclic) bond motifs is 1. The van der Waals surface area contributed by atoms with E-state index in [2.05, 4.69) is 50.4 Å². The molecule has 2 amide bonds. The third-order valence-electron chi connectivity index (χ3n) is 10.2. The van der Waals surface area contributed by atoms with Gasteiger partial charge >= 0.3 is 0 Å². The number of nitrogens with two attached hydrogens (primary N) is 1. The van der Waals surface area contributed by atoms with E-state index in [0.717, 1.165) is 48.2 Å². The second kappa shape index (κ2) is 31.7. The number of anilines is 1. The first-order valence-corrected chi connectivity index (χ1v) is 27.0. The van der Waals surface area contributed by atoms with Crippen LogP contribution >= 0.6 is 35.2 Å². The Hall–Kier alpha value is -2.56. The van der Waals surface area contributed by atoms with Crippen LogP contribution in [-0.4, -0.2) is 108 Å². The predicted molar refractivity (Wildman–Crippen MR) is 249 cm³/mol. The Morgan fingerprint density at radius 1 is 0.882 bits per heavy atom. The van der Waals surface area contributed by atoms with E-state index in [9.17, 15) is 57.9 Å². The van der Waals surface area contributed by atoms with E-state index in [1.807, 2.05) is 0 Å². The Morgan fingerprint density at radius 3 is 2.04 bits per heavy atom. The summed E-state index contributed by atoms with van der Waals surface area (Å²) in [6.07, 6.45) is 8.99. The minimum atomic E-state index is -5.90. The molecule has 3 unspecified atom stereocenters. The van der Waals surface area contributed by atoms with Crippen LogP contribution in [0.2, 0.25) is 0 Å². The number of nitrogen functional groups attached to an aromatic ring is 1. The number of phosphoric acid groups is 3. The third kappa shape index (κ3) is 23.6. The van der Waals surface area contributed by atoms with Crippen LogP contribution in [0.1, 0.15) is 123 Å². The van der Waals surface area contributed by atoms with Gasteiger partial charge < -0.3 is 82.9 Å². The van der Waals surface area contributed by atoms with Gasteiger partial charge in [0, 0.05) is 37.1 Å². The van der Waals surface area contributed by atoms with Crippen LogP contribution in [0.15, 0.2) is 12.7 Å². The largest absolute Gasteiger partial charge is 0.756 e. The van der Waals surface area contributed by atoms with Crippen molar-refractivity contribution in [1.82, 2.24) is 48.6 Å². The van der Waals surface area contributed by atoms with Gasteiger partial charge in [-0.3, -0.25) is 32.6 Å². The van der Waals surface area contributed by atoms with Crippen molar-refractivity contribution in [2.75, 3.05) is 37.8 Å². The molecule has 8 atom stereocenters. The lowest BCUT2D eigenvalue weighted by Gasteiger charge is -2.35. The van der Waals surface area contributed by atoms with Crippen LogP contribution in [0.3, 0.4) is 0 Å². The second-order valence-corrected chi connectivity index (χ2v) is 21.5. The fraction of sp³-hybridized carbons (Fsp3) is 0.784. The molecular formula is C37H75N10O17P3S. The quantitative estimate of drug-likeness (QED) is 0.0365. The molecule has 0 aliphatic carbocycles. The summed E-state index contributed by atoms with van der Waals surface area (Å²) in [6, 6.07) is 0. The number of amides is 2. The molecule has 68 heavy (non-hydrogen) atoms. The summed E-state index contributed by atoms with van der Waals surface area (Å²) >= 11 is 1.14. The zero-order valence-electron chi connectivity index (χ0n) is 39.9. The summed E-state index contributed by atoms with van der Waals surface area (Å²) < 4.78 is 61.1. The van der Waals surface area contributed by atoms with E-state index in [1.54, 1.807) is 0 Å². The number of carbonyl (C=O) groups excluding carboxylic acids is 3. The van der Waals surface area contributed by atoms with Gasteiger partial charge in [0.25, 0.3) is 23.5 Å². The van der Waals surface area contributed by atoms with Crippen molar-refractivity contribution in [2.45, 2.75) is 148 Å². The molecule has 19 N–H and O–H groups in total. The maximum atomic E-state index is 12.6. The number of thioether (sulfide) groups is 1. The van der Waals surface area contributed by atoms with Gasteiger partial charge in [0.1, 0.15) is 36.3 Å². The van der Waals surface area contributed by atoms with Gasteiger partial charge in [-0.15, -0.1) is 0 Å². The zero-order valence-corrected chi connectivity index (χ0v) is 43.4. The highest BCUT2D eigenvalue weighted by atomic mass is 32.2. The van der Waals surface area contributed by atoms with Crippen LogP contribution in [0.5, 0.6) is 0 Å². The van der Waals surface area contributed by atoms with Crippen LogP contribution in [0, 0.1) is 5.41 Å². The number of ether oxygens (including phenoxy) is 1. The lowest BCUT2D eigenvalue weighted by Crippen LogP contribution is -2.46. The highest BCUT2D eigenvalue weighted by Crippen LogP contribution is 2.56. The Labute approximate surface area is 400 Å². The van der Waals surface area contributed by atoms with Crippen LogP contribution in [0.25, 0.3) is 11.2 Å². The molecule has 2 aromatic heterocycles. The summed E-state index contributed by atoms with van der Waals surface area (Å²) in [5.74, 6) is -1.11. The number of nitrogens with one attached hydrogen (secondary N) is 2. The van der Waals surface area contributed by atoms with Crippen molar-refractivity contribution in [3.63, 3.8) is 0 Å². The molecule has 27 nitrogen and oxygen atoms in total. The molecule has 1 fully saturated rings. The lowest BCUT2D eigenvalue weighted by atomic mass is 9.87. The van der Waals surface area contributed by atoms with E-state index >= 15 is 0 Å². The third-order valence-corrected chi connectivity index (χ3v) is 14.2. The van der Waals surface area contributed by atoms with Crippen LogP contribution in [-0.2, 0) is 50.7 Å². The number of aliphatic hydroxyl groups excluding tert-OH is 2. The number of hydrogen-bond acceptors (Lipinski definition) is 21. The van der Waals surface area contributed by atoms with Gasteiger partial charge in [0.05, 0.1) is 19.5 Å². The van der Waals surface area contributed by atoms with Gasteiger partial charge in [-0.1, -0.05) is 110 Å². The highest BCUT2D eigenvalue weighted by molar-refractivity contribution is 8.13. The molecule has 31 heteroatoms. The number of quaternary nitrogens is 3. The number of unbranched alkanes of at least 4 members (excludes halogenated alkanes) is 12. The average Bonchev–Trinajstić information content (AvgIpc) is 3.79. The number of nitrogens with zero attached hydrogens (tertiary/aromatic N) is 4. The Bertz CT molecular complexity index is 1970. The number of rotatable bonds is 33. The van der Waals surface area contributed by atoms with E-state index in [0.29, 0.717) is 12.2 Å². The summed E-state index contributed by atoms with van der Waals surface area (Å²) in [5, 5.41) is 26.5. The fourth-order valence-electron chi connectivity index (χ4n) is 6.64. The molecule has 1 aliphatic rings. The van der Waals surface area contributed by atoms with Gasteiger partial charge in [0.2, 0.25) is 11.8 Å². The molecule has 396 valence electrons. The van der Waals surface area contributed by atoms with E-state index in [-0.39, 0.29) is 60.1 Å². The summed E-state index contributed by atoms with van der Waals surface area (Å²) in [6.45, 7) is 2.46. The molecule has 0 spiro atoms. The van der Waals surface area contributed by atoms with Crippen molar-refractivity contribution in [3.05, 3.63) is 12.7 Å². The first-order chi connectivity index (χ1) is 30.6. The van der Waals surface area contributed by atoms with Gasteiger partial charge in [-0.05, 0) is 6.42 Å². The minimum Gasteiger partial charge on any atom is -0.756 e. The highest BCUT2D eigenvalue weighted by Gasteiger charge is 2.48. The maximum absolute atomic E-state index is 12.6. The Kier molecular flexibility index (Phi) is 30.5. The topological polar surface area (TPSA) is 482 Å². The molecule has 3 rings (SSSR count). The van der Waals surface area contributed by atoms with Crippen molar-refractivity contribution in [3.8, 4) is 0 Å². The first kappa shape index (κ1) is 65.4. The molecule has 3 heterocycles. The van der Waals surface area contributed by atoms with Crippen LogP contribution in [0.4, 0.5) is 5.82 Å². The summed E-state index contributed by atoms with van der Waals surface area (Å²) in [5.41, 5.74) is 4.14. The molecular weight excluding hydrogens is 981 g/mol. The van der Waals surface area contributed by atoms with Gasteiger partial charge in [-0.25, -0.2) is 19.3 Å². The van der Waals surface area contributed by atoms with E-state index in [1.165, 1.54) is 78.1 Å². The van der Waals surface area contributed by atoms with Crippen LogP contribution < -0.4 is 49.5 Å². The number of carbonyl (C=O) groups is 3. The van der Waals surface area contributed by atoms with Crippen molar-refractivity contribution in [2.24, 2.45) is 5.41 Å². The van der Waals surface area contributed by atoms with Crippen molar-refractivity contribution < 1.29 is 80.5 Å². The first-order valence-electron chi connectivity index (χ1n) is 21.5. The van der Waals surface area contributed by atoms with E-state index in [4.69, 9.17) is 10.5 Å². The molecule has 0 radical (unpaired) electrons. The van der Waals surface area contributed by atoms with E-state index < -0.39 is 84.6 Å². The SMILES string of the molecule is CCCCCCCCCCCCCCCC(=O)SCCNC(=O)CCNC(=O)[C@H](O)C(C)(C)COP(=O)([O-])OP(=O)([O-])OC[C@H]1O[C@@H](n2cnc3c(N)ncnc32)[C@H](O)[C@@H]1OP(=O)([O-])O.[NH4+].[NH4+].[NH4+]. The van der Waals surface area contributed by atoms with Crippen molar-refractivity contribution in [1.29, 1.82) is 0 Å². The molecule has 0 saturated carbocycles. The molecule has 0 aromatic carbocycles. The molecule has 2 aromatic rings. The smallest absolute Gasteiger partial charge is 0.274 e. The normalized spacial score (nSPS) is 20.1. The summed E-state index contributed by atoms with van der Waals surface area (Å²) in [7, 11) is -17.3. The fourth-order valence-corrected chi connectivity index (χ4v) is 10.1. The molecule has 1 aliphatic heterocycles. The molecule has 0 bridgehead atoms. The maximum Gasteiger partial charge on any atom is 0.274 e. The summed E-state index contributed by atoms with van der Waals surface area (Å²) in [4.78, 5) is 94.8. The lowest BCUT2D eigenvalue weighted by molar-refractivity contribution is -0.247. The number of aromatic nitrogens is 4. The molecule has 1 saturated heterocycles. The minimum absolute atomic E-state index is 0. The number of phosphoric ester groups is 3. The zero-order chi connectivity index (χ0) is 48.3.